The second-order valence-corrected chi connectivity index (χ2v) is 4.91. The molecular formula is C13H11N5OS. The third-order valence-corrected chi connectivity index (χ3v) is 3.47. The molecule has 0 saturated carbocycles. The lowest BCUT2D eigenvalue weighted by molar-refractivity contribution is 0.102. The van der Waals surface area contributed by atoms with Crippen LogP contribution >= 0.6 is 11.3 Å². The molecule has 7 heteroatoms. The molecule has 3 aromatic rings. The van der Waals surface area contributed by atoms with Gasteiger partial charge in [-0.15, -0.1) is 11.3 Å². The highest BCUT2D eigenvalue weighted by Gasteiger charge is 2.13. The van der Waals surface area contributed by atoms with Crippen LogP contribution in [-0.4, -0.2) is 21.1 Å². The van der Waals surface area contributed by atoms with E-state index in [2.05, 4.69) is 20.5 Å². The van der Waals surface area contributed by atoms with Gasteiger partial charge in [-0.25, -0.2) is 4.98 Å². The first kappa shape index (κ1) is 12.4. The first-order valence-electron chi connectivity index (χ1n) is 5.85. The van der Waals surface area contributed by atoms with E-state index in [0.717, 1.165) is 11.3 Å². The molecule has 6 nitrogen and oxygen atoms in total. The van der Waals surface area contributed by atoms with Crippen LogP contribution < -0.4 is 11.1 Å². The van der Waals surface area contributed by atoms with Gasteiger partial charge in [0.25, 0.3) is 5.91 Å². The molecule has 2 aromatic heterocycles. The molecule has 0 aliphatic carbocycles. The predicted octanol–water partition coefficient (Wildman–Crippen LogP) is 2.37. The predicted molar refractivity (Wildman–Crippen MR) is 78.5 cm³/mol. The first-order valence-corrected chi connectivity index (χ1v) is 6.73. The van der Waals surface area contributed by atoms with Crippen molar-refractivity contribution in [1.82, 2.24) is 15.2 Å². The number of rotatable bonds is 3. The number of aromatic nitrogens is 3. The number of nitrogens with two attached hydrogens (primary N) is 1. The standard InChI is InChI=1S/C13H11N5OS/c14-11-9(6-15-18-11)12(19)17-13-16-10(7-20-13)8-4-2-1-3-5-8/h1-7H,(H3,14,15,18)(H,16,17,19). The highest BCUT2D eigenvalue weighted by molar-refractivity contribution is 7.14. The average Bonchev–Trinajstić information content (AvgIpc) is 3.09. The topological polar surface area (TPSA) is 96.7 Å². The normalized spacial score (nSPS) is 10.4. The van der Waals surface area contributed by atoms with E-state index in [1.54, 1.807) is 0 Å². The SMILES string of the molecule is Nc1[nH]ncc1C(=O)Nc1nc(-c2ccccc2)cs1. The number of thiazole rings is 1. The Hall–Kier alpha value is -2.67. The molecule has 0 atom stereocenters. The molecule has 0 bridgehead atoms. The van der Waals surface area contributed by atoms with Gasteiger partial charge < -0.3 is 5.73 Å². The Morgan fingerprint density at radius 3 is 2.80 bits per heavy atom. The molecule has 0 aliphatic heterocycles. The molecule has 100 valence electrons. The Balaban J connectivity index is 1.78. The van der Waals surface area contributed by atoms with E-state index in [9.17, 15) is 4.79 Å². The summed E-state index contributed by atoms with van der Waals surface area (Å²) in [4.78, 5) is 16.3. The Morgan fingerprint density at radius 1 is 1.30 bits per heavy atom. The van der Waals surface area contributed by atoms with Crippen molar-refractivity contribution < 1.29 is 4.79 Å². The maximum absolute atomic E-state index is 12.0. The zero-order chi connectivity index (χ0) is 13.9. The largest absolute Gasteiger partial charge is 0.383 e. The summed E-state index contributed by atoms with van der Waals surface area (Å²) in [7, 11) is 0. The molecule has 0 radical (unpaired) electrons. The Labute approximate surface area is 118 Å². The minimum atomic E-state index is -0.329. The summed E-state index contributed by atoms with van der Waals surface area (Å²) in [6.07, 6.45) is 1.39. The van der Waals surface area contributed by atoms with Crippen molar-refractivity contribution in [2.45, 2.75) is 0 Å². The van der Waals surface area contributed by atoms with Crippen LogP contribution in [0.5, 0.6) is 0 Å². The van der Waals surface area contributed by atoms with E-state index in [1.165, 1.54) is 17.5 Å². The van der Waals surface area contributed by atoms with Crippen LogP contribution in [0.3, 0.4) is 0 Å². The van der Waals surface area contributed by atoms with Crippen molar-refractivity contribution in [2.24, 2.45) is 0 Å². The Morgan fingerprint density at radius 2 is 2.10 bits per heavy atom. The van der Waals surface area contributed by atoms with Crippen LogP contribution in [0.4, 0.5) is 10.9 Å². The van der Waals surface area contributed by atoms with Crippen LogP contribution in [0.25, 0.3) is 11.3 Å². The third kappa shape index (κ3) is 2.39. The number of aromatic amines is 1. The average molecular weight is 285 g/mol. The van der Waals surface area contributed by atoms with Gasteiger partial charge in [0, 0.05) is 10.9 Å². The Kier molecular flexibility index (Phi) is 3.18. The molecule has 0 fully saturated rings. The summed E-state index contributed by atoms with van der Waals surface area (Å²) in [5.74, 6) is -0.0902. The van der Waals surface area contributed by atoms with Gasteiger partial charge in [0.1, 0.15) is 11.4 Å². The van der Waals surface area contributed by atoms with Crippen molar-refractivity contribution >= 4 is 28.2 Å². The molecule has 1 aromatic carbocycles. The zero-order valence-electron chi connectivity index (χ0n) is 10.3. The molecule has 1 amide bonds. The second-order valence-electron chi connectivity index (χ2n) is 4.06. The monoisotopic (exact) mass is 285 g/mol. The van der Waals surface area contributed by atoms with Crippen molar-refractivity contribution in [2.75, 3.05) is 11.1 Å². The molecule has 0 spiro atoms. The molecule has 4 N–H and O–H groups in total. The minimum absolute atomic E-state index is 0.238. The van der Waals surface area contributed by atoms with Crippen LogP contribution in [0.2, 0.25) is 0 Å². The minimum Gasteiger partial charge on any atom is -0.383 e. The molecule has 0 aliphatic rings. The first-order chi connectivity index (χ1) is 9.74. The summed E-state index contributed by atoms with van der Waals surface area (Å²) in [6, 6.07) is 9.77. The van der Waals surface area contributed by atoms with Gasteiger partial charge in [0.05, 0.1) is 11.9 Å². The highest BCUT2D eigenvalue weighted by atomic mass is 32.1. The van der Waals surface area contributed by atoms with Crippen LogP contribution in [0.1, 0.15) is 10.4 Å². The van der Waals surface area contributed by atoms with Crippen molar-refractivity contribution in [3.8, 4) is 11.3 Å². The van der Waals surface area contributed by atoms with Crippen molar-refractivity contribution in [3.05, 3.63) is 47.5 Å². The molecule has 0 unspecified atom stereocenters. The molecule has 0 saturated heterocycles. The lowest BCUT2D eigenvalue weighted by Gasteiger charge is -1.99. The van der Waals surface area contributed by atoms with E-state index in [1.807, 2.05) is 35.7 Å². The summed E-state index contributed by atoms with van der Waals surface area (Å²) >= 11 is 1.36. The van der Waals surface area contributed by atoms with E-state index < -0.39 is 0 Å². The van der Waals surface area contributed by atoms with Crippen molar-refractivity contribution in [1.29, 1.82) is 0 Å². The van der Waals surface area contributed by atoms with E-state index >= 15 is 0 Å². The maximum Gasteiger partial charge on any atom is 0.262 e. The smallest absolute Gasteiger partial charge is 0.262 e. The number of carbonyl (C=O) groups excluding carboxylic acids is 1. The van der Waals surface area contributed by atoms with Gasteiger partial charge in [-0.05, 0) is 0 Å². The number of amides is 1. The van der Waals surface area contributed by atoms with Crippen LogP contribution in [0.15, 0.2) is 41.9 Å². The van der Waals surface area contributed by atoms with Gasteiger partial charge in [-0.2, -0.15) is 5.10 Å². The fraction of sp³-hybridized carbons (Fsp3) is 0. The lowest BCUT2D eigenvalue weighted by atomic mass is 10.2. The van der Waals surface area contributed by atoms with Gasteiger partial charge in [-0.3, -0.25) is 15.2 Å². The molecular weight excluding hydrogens is 274 g/mol. The number of benzene rings is 1. The maximum atomic E-state index is 12.0. The summed E-state index contributed by atoms with van der Waals surface area (Å²) in [5.41, 5.74) is 7.73. The number of anilines is 2. The fourth-order valence-corrected chi connectivity index (χ4v) is 2.43. The number of H-pyrrole nitrogens is 1. The summed E-state index contributed by atoms with van der Waals surface area (Å²) in [6.45, 7) is 0. The lowest BCUT2D eigenvalue weighted by Crippen LogP contribution is -2.12. The zero-order valence-corrected chi connectivity index (χ0v) is 11.1. The third-order valence-electron chi connectivity index (χ3n) is 2.71. The molecule has 3 rings (SSSR count). The molecule has 2 heterocycles. The van der Waals surface area contributed by atoms with E-state index in [-0.39, 0.29) is 11.7 Å². The van der Waals surface area contributed by atoms with Crippen LogP contribution in [0, 0.1) is 0 Å². The number of carbonyl (C=O) groups is 1. The van der Waals surface area contributed by atoms with Gasteiger partial charge in [0.15, 0.2) is 5.13 Å². The second kappa shape index (κ2) is 5.14. The fourth-order valence-electron chi connectivity index (χ4n) is 1.71. The van der Waals surface area contributed by atoms with Gasteiger partial charge >= 0.3 is 0 Å². The summed E-state index contributed by atoms with van der Waals surface area (Å²) < 4.78 is 0. The summed E-state index contributed by atoms with van der Waals surface area (Å²) in [5, 5.41) is 11.3. The Bertz CT molecular complexity index is 734. The number of hydrogen-bond donors (Lipinski definition) is 3. The van der Waals surface area contributed by atoms with Gasteiger partial charge in [0.2, 0.25) is 0 Å². The van der Waals surface area contributed by atoms with Crippen LogP contribution in [-0.2, 0) is 0 Å². The number of nitrogens with one attached hydrogen (secondary N) is 2. The van der Waals surface area contributed by atoms with E-state index in [4.69, 9.17) is 5.73 Å². The molecule has 20 heavy (non-hydrogen) atoms. The number of nitrogen functional groups attached to an aromatic ring is 1. The number of hydrogen-bond acceptors (Lipinski definition) is 5. The quantitative estimate of drug-likeness (QED) is 0.688. The number of nitrogens with zero attached hydrogens (tertiary/aromatic N) is 2. The van der Waals surface area contributed by atoms with E-state index in [0.29, 0.717) is 10.7 Å². The van der Waals surface area contributed by atoms with Crippen molar-refractivity contribution in [3.63, 3.8) is 0 Å². The highest BCUT2D eigenvalue weighted by Crippen LogP contribution is 2.25. The van der Waals surface area contributed by atoms with Gasteiger partial charge in [-0.1, -0.05) is 30.3 Å².